The number of carbonyl (C=O) groups excluding carboxylic acids is 2. The average molecular weight is 355 g/mol. The van der Waals surface area contributed by atoms with Crippen molar-refractivity contribution in [3.63, 3.8) is 0 Å². The van der Waals surface area contributed by atoms with Crippen LogP contribution in [0.15, 0.2) is 0 Å². The fraction of sp³-hybridized carbons (Fsp3) is 0.875. The van der Waals surface area contributed by atoms with Crippen molar-refractivity contribution in [3.05, 3.63) is 0 Å². The van der Waals surface area contributed by atoms with Crippen LogP contribution in [0.5, 0.6) is 0 Å². The highest BCUT2D eigenvalue weighted by Gasteiger charge is 2.51. The monoisotopic (exact) mass is 355 g/mol. The standard InChI is InChI=1S/C16H25N3O4S/c20-15-14-11-17(24(22,23)13-7-8-13)9-4-10-18(14)16(21)19(15)12-5-2-1-3-6-12/h12-14H,1-11H2. The Morgan fingerprint density at radius 3 is 2.25 bits per heavy atom. The maximum absolute atomic E-state index is 12.9. The number of carbonyl (C=O) groups is 2. The SMILES string of the molecule is O=C1C2CN(S(=O)(=O)C3CC3)CCCN2C(=O)N1C1CCCCC1. The molecule has 0 radical (unpaired) electrons. The number of imide groups is 1. The third-order valence-corrected chi connectivity index (χ3v) is 8.14. The summed E-state index contributed by atoms with van der Waals surface area (Å²) in [5.41, 5.74) is 0. The topological polar surface area (TPSA) is 78.0 Å². The Morgan fingerprint density at radius 2 is 1.58 bits per heavy atom. The van der Waals surface area contributed by atoms with Crippen LogP contribution in [0, 0.1) is 0 Å². The lowest BCUT2D eigenvalue weighted by atomic mass is 9.94. The zero-order valence-electron chi connectivity index (χ0n) is 13.9. The molecule has 2 saturated heterocycles. The molecule has 8 heteroatoms. The zero-order valence-corrected chi connectivity index (χ0v) is 14.7. The summed E-state index contributed by atoms with van der Waals surface area (Å²) in [6.07, 6.45) is 7.04. The minimum absolute atomic E-state index is 0.000772. The number of rotatable bonds is 3. The summed E-state index contributed by atoms with van der Waals surface area (Å²) in [6, 6.07) is -0.836. The van der Waals surface area contributed by atoms with Gasteiger partial charge < -0.3 is 4.90 Å². The molecule has 3 amide bonds. The van der Waals surface area contributed by atoms with E-state index < -0.39 is 16.1 Å². The summed E-state index contributed by atoms with van der Waals surface area (Å²) in [5.74, 6) is -0.190. The molecule has 0 spiro atoms. The maximum Gasteiger partial charge on any atom is 0.327 e. The Bertz CT molecular complexity index is 640. The van der Waals surface area contributed by atoms with Gasteiger partial charge in [0.05, 0.1) is 5.25 Å². The van der Waals surface area contributed by atoms with Gasteiger partial charge in [-0.2, -0.15) is 4.31 Å². The van der Waals surface area contributed by atoms with Crippen molar-refractivity contribution >= 4 is 22.0 Å². The summed E-state index contributed by atoms with van der Waals surface area (Å²) >= 11 is 0. The first-order valence-corrected chi connectivity index (χ1v) is 10.6. The first kappa shape index (κ1) is 16.3. The molecule has 1 atom stereocenters. The lowest BCUT2D eigenvalue weighted by Crippen LogP contribution is -2.45. The molecule has 24 heavy (non-hydrogen) atoms. The maximum atomic E-state index is 12.9. The summed E-state index contributed by atoms with van der Waals surface area (Å²) in [4.78, 5) is 28.7. The van der Waals surface area contributed by atoms with Gasteiger partial charge in [-0.05, 0) is 32.1 Å². The number of hydrogen-bond acceptors (Lipinski definition) is 4. The molecule has 0 aromatic rings. The van der Waals surface area contributed by atoms with Crippen LogP contribution >= 0.6 is 0 Å². The second kappa shape index (κ2) is 5.98. The molecule has 4 rings (SSSR count). The van der Waals surface area contributed by atoms with E-state index >= 15 is 0 Å². The van der Waals surface area contributed by atoms with Gasteiger partial charge in [0.25, 0.3) is 5.91 Å². The molecular formula is C16H25N3O4S. The van der Waals surface area contributed by atoms with Crippen LogP contribution in [0.3, 0.4) is 0 Å². The number of amides is 3. The Kier molecular flexibility index (Phi) is 4.07. The zero-order chi connectivity index (χ0) is 16.9. The molecule has 1 unspecified atom stereocenters. The van der Waals surface area contributed by atoms with E-state index in [0.29, 0.717) is 32.4 Å². The van der Waals surface area contributed by atoms with Crippen LogP contribution in [0.4, 0.5) is 4.79 Å². The van der Waals surface area contributed by atoms with E-state index in [2.05, 4.69) is 0 Å². The summed E-state index contributed by atoms with van der Waals surface area (Å²) in [6.45, 7) is 1.01. The largest absolute Gasteiger partial charge is 0.327 e. The molecule has 4 aliphatic rings. The molecule has 0 aromatic heterocycles. The van der Waals surface area contributed by atoms with Gasteiger partial charge in [0.2, 0.25) is 10.0 Å². The van der Waals surface area contributed by atoms with Crippen LogP contribution in [0.25, 0.3) is 0 Å². The molecule has 2 heterocycles. The number of urea groups is 1. The van der Waals surface area contributed by atoms with Crippen molar-refractivity contribution in [3.8, 4) is 0 Å². The normalized spacial score (nSPS) is 30.6. The molecule has 0 aromatic carbocycles. The van der Waals surface area contributed by atoms with Crippen LogP contribution in [-0.2, 0) is 14.8 Å². The lowest BCUT2D eigenvalue weighted by Gasteiger charge is -2.29. The third kappa shape index (κ3) is 2.63. The molecule has 4 fully saturated rings. The molecular weight excluding hydrogens is 330 g/mol. The van der Waals surface area contributed by atoms with Gasteiger partial charge >= 0.3 is 6.03 Å². The fourth-order valence-corrected chi connectivity index (χ4v) is 6.16. The van der Waals surface area contributed by atoms with E-state index in [1.165, 1.54) is 9.21 Å². The predicted octanol–water partition coefficient (Wildman–Crippen LogP) is 1.15. The van der Waals surface area contributed by atoms with Crippen molar-refractivity contribution < 1.29 is 18.0 Å². The van der Waals surface area contributed by atoms with Crippen LogP contribution in [0.1, 0.15) is 51.4 Å². The fourth-order valence-electron chi connectivity index (χ4n) is 4.27. The molecule has 2 aliphatic carbocycles. The number of sulfonamides is 1. The van der Waals surface area contributed by atoms with Gasteiger partial charge in [-0.1, -0.05) is 19.3 Å². The molecule has 0 N–H and O–H groups in total. The van der Waals surface area contributed by atoms with E-state index in [1.54, 1.807) is 4.90 Å². The second-order valence-electron chi connectivity index (χ2n) is 7.45. The van der Waals surface area contributed by atoms with Gasteiger partial charge in [-0.3, -0.25) is 9.69 Å². The van der Waals surface area contributed by atoms with Crippen molar-refractivity contribution in [2.45, 2.75) is 68.7 Å². The molecule has 134 valence electrons. The Morgan fingerprint density at radius 1 is 0.875 bits per heavy atom. The number of nitrogens with zero attached hydrogens (tertiary/aromatic N) is 3. The van der Waals surface area contributed by atoms with Crippen LogP contribution in [-0.4, -0.2) is 71.4 Å². The number of hydrogen-bond donors (Lipinski definition) is 0. The minimum Gasteiger partial charge on any atom is -0.311 e. The van der Waals surface area contributed by atoms with Gasteiger partial charge in [0.1, 0.15) is 6.04 Å². The van der Waals surface area contributed by atoms with Gasteiger partial charge in [-0.25, -0.2) is 13.2 Å². The van der Waals surface area contributed by atoms with Crippen molar-refractivity contribution in [1.82, 2.24) is 14.1 Å². The third-order valence-electron chi connectivity index (χ3n) is 5.78. The smallest absolute Gasteiger partial charge is 0.311 e. The second-order valence-corrected chi connectivity index (χ2v) is 9.66. The van der Waals surface area contributed by atoms with Crippen molar-refractivity contribution in [1.29, 1.82) is 0 Å². The molecule has 0 bridgehead atoms. The lowest BCUT2D eigenvalue weighted by molar-refractivity contribution is -0.130. The molecule has 2 saturated carbocycles. The highest BCUT2D eigenvalue weighted by Crippen LogP contribution is 2.34. The van der Waals surface area contributed by atoms with Crippen molar-refractivity contribution in [2.24, 2.45) is 0 Å². The Balaban J connectivity index is 1.55. The highest BCUT2D eigenvalue weighted by molar-refractivity contribution is 7.90. The van der Waals surface area contributed by atoms with Gasteiger partial charge in [0, 0.05) is 25.7 Å². The van der Waals surface area contributed by atoms with E-state index in [9.17, 15) is 18.0 Å². The average Bonchev–Trinajstić information content (AvgIpc) is 3.40. The van der Waals surface area contributed by atoms with E-state index in [-0.39, 0.29) is 29.8 Å². The first-order chi connectivity index (χ1) is 11.5. The summed E-state index contributed by atoms with van der Waals surface area (Å²) in [7, 11) is -3.31. The first-order valence-electron chi connectivity index (χ1n) is 9.13. The highest BCUT2D eigenvalue weighted by atomic mass is 32.2. The summed E-state index contributed by atoms with van der Waals surface area (Å²) in [5, 5.41) is -0.272. The van der Waals surface area contributed by atoms with Crippen LogP contribution < -0.4 is 0 Å². The minimum atomic E-state index is -3.31. The Hall–Kier alpha value is -1.15. The number of fused-ring (bicyclic) bond motifs is 1. The van der Waals surface area contributed by atoms with Crippen LogP contribution in [0.2, 0.25) is 0 Å². The Labute approximate surface area is 143 Å². The molecule has 2 aliphatic heterocycles. The predicted molar refractivity (Wildman–Crippen MR) is 87.7 cm³/mol. The van der Waals surface area contributed by atoms with Crippen molar-refractivity contribution in [2.75, 3.05) is 19.6 Å². The van der Waals surface area contributed by atoms with Gasteiger partial charge in [-0.15, -0.1) is 0 Å². The molecule has 7 nitrogen and oxygen atoms in total. The van der Waals surface area contributed by atoms with E-state index in [0.717, 1.165) is 32.1 Å². The van der Waals surface area contributed by atoms with E-state index in [4.69, 9.17) is 0 Å². The summed E-state index contributed by atoms with van der Waals surface area (Å²) < 4.78 is 26.6. The van der Waals surface area contributed by atoms with E-state index in [1.807, 2.05) is 0 Å². The van der Waals surface area contributed by atoms with Gasteiger partial charge in [0.15, 0.2) is 0 Å². The quantitative estimate of drug-likeness (QED) is 0.712.